The lowest BCUT2D eigenvalue weighted by Gasteiger charge is -2.20. The van der Waals surface area contributed by atoms with Crippen LogP contribution in [0.3, 0.4) is 0 Å². The fraction of sp³-hybridized carbons (Fsp3) is 0.750. The van der Waals surface area contributed by atoms with E-state index in [2.05, 4.69) is 23.2 Å². The summed E-state index contributed by atoms with van der Waals surface area (Å²) in [6.45, 7) is 5.96. The number of rotatable bonds is 3. The topological polar surface area (TPSA) is 46.0 Å². The van der Waals surface area contributed by atoms with Gasteiger partial charge in [-0.3, -0.25) is 0 Å². The van der Waals surface area contributed by atoms with Crippen molar-refractivity contribution in [1.82, 2.24) is 9.36 Å². The highest BCUT2D eigenvalue weighted by Crippen LogP contribution is 2.28. The van der Waals surface area contributed by atoms with Crippen LogP contribution in [0.15, 0.2) is 6.33 Å². The second kappa shape index (κ2) is 3.96. The minimum absolute atomic E-state index is 0.123. The van der Waals surface area contributed by atoms with Crippen LogP contribution < -0.4 is 0 Å². The molecule has 0 fully saturated rings. The lowest BCUT2D eigenvalue weighted by atomic mass is 9.92. The highest BCUT2D eigenvalue weighted by atomic mass is 32.1. The van der Waals surface area contributed by atoms with Gasteiger partial charge in [0.2, 0.25) is 0 Å². The van der Waals surface area contributed by atoms with Crippen LogP contribution in [0.25, 0.3) is 0 Å². The fourth-order valence-electron chi connectivity index (χ4n) is 1.38. The first-order valence-electron chi connectivity index (χ1n) is 4.07. The number of aliphatic hydroxyl groups is 1. The van der Waals surface area contributed by atoms with Crippen molar-refractivity contribution in [3.8, 4) is 0 Å². The Labute approximate surface area is 76.6 Å². The molecule has 68 valence electrons. The summed E-state index contributed by atoms with van der Waals surface area (Å²) in [6.07, 6.45) is 1.19. The third kappa shape index (κ3) is 2.01. The Hall–Kier alpha value is -0.480. The van der Waals surface area contributed by atoms with Gasteiger partial charge in [-0.25, -0.2) is 4.98 Å². The molecule has 3 nitrogen and oxygen atoms in total. The lowest BCUT2D eigenvalue weighted by molar-refractivity contribution is 0.140. The van der Waals surface area contributed by atoms with Gasteiger partial charge in [-0.05, 0) is 24.4 Å². The van der Waals surface area contributed by atoms with Gasteiger partial charge in [0.1, 0.15) is 11.3 Å². The Kier molecular flexibility index (Phi) is 3.17. The number of hydrogen-bond donors (Lipinski definition) is 1. The smallest absolute Gasteiger partial charge is 0.129 e. The van der Waals surface area contributed by atoms with Crippen LogP contribution in [0.1, 0.15) is 31.7 Å². The molecule has 1 rings (SSSR count). The van der Waals surface area contributed by atoms with Crippen molar-refractivity contribution >= 4 is 11.5 Å². The average molecular weight is 186 g/mol. The molecule has 0 bridgehead atoms. The van der Waals surface area contributed by atoms with E-state index in [9.17, 15) is 5.11 Å². The Morgan fingerprint density at radius 2 is 2.08 bits per heavy atom. The number of aromatic nitrogens is 2. The first kappa shape index (κ1) is 9.61. The fourth-order valence-corrected chi connectivity index (χ4v) is 2.26. The predicted octanol–water partition coefficient (Wildman–Crippen LogP) is 1.66. The van der Waals surface area contributed by atoms with Gasteiger partial charge < -0.3 is 5.11 Å². The van der Waals surface area contributed by atoms with E-state index in [1.807, 2.05) is 0 Å². The van der Waals surface area contributed by atoms with Gasteiger partial charge in [0.25, 0.3) is 0 Å². The van der Waals surface area contributed by atoms with E-state index < -0.39 is 0 Å². The van der Waals surface area contributed by atoms with E-state index >= 15 is 0 Å². The molecule has 4 heteroatoms. The third-order valence-corrected chi connectivity index (χ3v) is 2.67. The molecule has 0 aliphatic rings. The molecule has 0 aliphatic heterocycles. The molecule has 12 heavy (non-hydrogen) atoms. The van der Waals surface area contributed by atoms with Crippen LogP contribution in [0.4, 0.5) is 0 Å². The maximum absolute atomic E-state index is 9.49. The molecular weight excluding hydrogens is 172 g/mol. The summed E-state index contributed by atoms with van der Waals surface area (Å²) in [7, 11) is 0. The SMILES string of the molecule is CC(C)C(c1ncns1)C(C)O. The first-order chi connectivity index (χ1) is 5.63. The maximum Gasteiger partial charge on any atom is 0.129 e. The molecule has 0 spiro atoms. The monoisotopic (exact) mass is 186 g/mol. The molecule has 2 unspecified atom stereocenters. The molecular formula is C8H14N2OS. The molecule has 1 heterocycles. The highest BCUT2D eigenvalue weighted by Gasteiger charge is 2.23. The average Bonchev–Trinajstić information content (AvgIpc) is 2.37. The van der Waals surface area contributed by atoms with Crippen LogP contribution in [0.2, 0.25) is 0 Å². The molecule has 0 aliphatic carbocycles. The van der Waals surface area contributed by atoms with E-state index in [1.54, 1.807) is 6.92 Å². The molecule has 0 saturated carbocycles. The second-order valence-electron chi connectivity index (χ2n) is 3.29. The van der Waals surface area contributed by atoms with Crippen molar-refractivity contribution in [3.05, 3.63) is 11.3 Å². The van der Waals surface area contributed by atoms with Gasteiger partial charge in [0, 0.05) is 5.92 Å². The summed E-state index contributed by atoms with van der Waals surface area (Å²) in [6, 6.07) is 0. The largest absolute Gasteiger partial charge is 0.393 e. The summed E-state index contributed by atoms with van der Waals surface area (Å²) < 4.78 is 3.93. The van der Waals surface area contributed by atoms with Crippen molar-refractivity contribution in [1.29, 1.82) is 0 Å². The molecule has 0 aromatic carbocycles. The van der Waals surface area contributed by atoms with Gasteiger partial charge in [-0.1, -0.05) is 13.8 Å². The van der Waals surface area contributed by atoms with E-state index in [4.69, 9.17) is 0 Å². The summed E-state index contributed by atoms with van der Waals surface area (Å²) >= 11 is 1.37. The highest BCUT2D eigenvalue weighted by molar-refractivity contribution is 7.05. The van der Waals surface area contributed by atoms with E-state index in [0.29, 0.717) is 5.92 Å². The number of hydrogen-bond acceptors (Lipinski definition) is 4. The Balaban J connectivity index is 2.81. The number of nitrogens with zero attached hydrogens (tertiary/aromatic N) is 2. The summed E-state index contributed by atoms with van der Waals surface area (Å²) in [5, 5.41) is 10.4. The van der Waals surface area contributed by atoms with Crippen molar-refractivity contribution in [2.75, 3.05) is 0 Å². The summed E-state index contributed by atoms with van der Waals surface area (Å²) in [5.41, 5.74) is 0. The van der Waals surface area contributed by atoms with Crippen molar-refractivity contribution in [3.63, 3.8) is 0 Å². The lowest BCUT2D eigenvalue weighted by Crippen LogP contribution is -2.19. The number of aliphatic hydroxyl groups excluding tert-OH is 1. The van der Waals surface area contributed by atoms with E-state index in [1.165, 1.54) is 17.9 Å². The molecule has 1 N–H and O–H groups in total. The van der Waals surface area contributed by atoms with Gasteiger partial charge >= 0.3 is 0 Å². The van der Waals surface area contributed by atoms with Crippen LogP contribution in [-0.2, 0) is 0 Å². The van der Waals surface area contributed by atoms with Crippen molar-refractivity contribution in [2.24, 2.45) is 5.92 Å². The van der Waals surface area contributed by atoms with E-state index in [0.717, 1.165) is 5.01 Å². The normalized spacial score (nSPS) is 16.4. The zero-order valence-electron chi connectivity index (χ0n) is 7.56. The van der Waals surface area contributed by atoms with Gasteiger partial charge in [0.15, 0.2) is 0 Å². The van der Waals surface area contributed by atoms with E-state index in [-0.39, 0.29) is 12.0 Å². The summed E-state index contributed by atoms with van der Waals surface area (Å²) in [4.78, 5) is 4.11. The quantitative estimate of drug-likeness (QED) is 0.781. The molecule has 1 aromatic rings. The standard InChI is InChI=1S/C8H14N2OS/c1-5(2)7(6(3)11)8-9-4-10-12-8/h4-7,11H,1-3H3. The molecule has 2 atom stereocenters. The van der Waals surface area contributed by atoms with Crippen LogP contribution in [0.5, 0.6) is 0 Å². The molecule has 0 radical (unpaired) electrons. The van der Waals surface area contributed by atoms with Crippen molar-refractivity contribution < 1.29 is 5.11 Å². The third-order valence-electron chi connectivity index (χ3n) is 1.90. The van der Waals surface area contributed by atoms with Crippen LogP contribution in [-0.4, -0.2) is 20.6 Å². The predicted molar refractivity (Wildman–Crippen MR) is 49.2 cm³/mol. The molecule has 0 amide bonds. The Morgan fingerprint density at radius 1 is 1.42 bits per heavy atom. The van der Waals surface area contributed by atoms with Gasteiger partial charge in [0.05, 0.1) is 6.10 Å². The minimum atomic E-state index is -0.349. The van der Waals surface area contributed by atoms with Gasteiger partial charge in [-0.15, -0.1) is 0 Å². The zero-order chi connectivity index (χ0) is 9.14. The van der Waals surface area contributed by atoms with Gasteiger partial charge in [-0.2, -0.15) is 4.37 Å². The maximum atomic E-state index is 9.49. The van der Waals surface area contributed by atoms with Crippen LogP contribution >= 0.6 is 11.5 Å². The zero-order valence-corrected chi connectivity index (χ0v) is 8.38. The first-order valence-corrected chi connectivity index (χ1v) is 4.85. The Bertz CT molecular complexity index is 213. The van der Waals surface area contributed by atoms with Crippen molar-refractivity contribution in [2.45, 2.75) is 32.8 Å². The molecule has 0 saturated heterocycles. The second-order valence-corrected chi connectivity index (χ2v) is 4.10. The van der Waals surface area contributed by atoms with Crippen LogP contribution in [0, 0.1) is 5.92 Å². The Morgan fingerprint density at radius 3 is 2.42 bits per heavy atom. The summed E-state index contributed by atoms with van der Waals surface area (Å²) in [5.74, 6) is 0.524. The minimum Gasteiger partial charge on any atom is -0.393 e. The molecule has 1 aromatic heterocycles.